The van der Waals surface area contributed by atoms with E-state index in [2.05, 4.69) is 10.6 Å². The van der Waals surface area contributed by atoms with Crippen LogP contribution in [0.25, 0.3) is 0 Å². The normalized spacial score (nSPS) is 12.9. The molecule has 1 heterocycles. The second kappa shape index (κ2) is 11.1. The number of carbonyl (C=O) groups is 2. The highest BCUT2D eigenvalue weighted by atomic mass is 35.5. The van der Waals surface area contributed by atoms with Crippen molar-refractivity contribution in [3.63, 3.8) is 0 Å². The Morgan fingerprint density at radius 1 is 1.00 bits per heavy atom. The Bertz CT molecular complexity index is 993. The van der Waals surface area contributed by atoms with Crippen LogP contribution in [0.4, 0.5) is 0 Å². The number of rotatable bonds is 9. The number of amides is 2. The second-order valence-electron chi connectivity index (χ2n) is 7.44. The molecule has 0 aliphatic rings. The van der Waals surface area contributed by atoms with Crippen molar-refractivity contribution in [1.29, 1.82) is 0 Å². The van der Waals surface area contributed by atoms with Gasteiger partial charge in [0.2, 0.25) is 5.91 Å². The number of thiophene rings is 1. The Morgan fingerprint density at radius 3 is 2.35 bits per heavy atom. The van der Waals surface area contributed by atoms with E-state index in [1.807, 2.05) is 85.0 Å². The highest BCUT2D eigenvalue weighted by molar-refractivity contribution is 7.12. The predicted molar refractivity (Wildman–Crippen MR) is 127 cm³/mol. The summed E-state index contributed by atoms with van der Waals surface area (Å²) in [5.74, 6) is -0.478. The zero-order valence-corrected chi connectivity index (χ0v) is 19.1. The van der Waals surface area contributed by atoms with E-state index in [-0.39, 0.29) is 17.9 Å². The van der Waals surface area contributed by atoms with Crippen LogP contribution >= 0.6 is 22.9 Å². The number of benzene rings is 2. The Labute approximate surface area is 192 Å². The minimum Gasteiger partial charge on any atom is -0.352 e. The summed E-state index contributed by atoms with van der Waals surface area (Å²) in [6, 6.07) is 20.1. The number of likely N-dealkylation sites (N-methyl/N-ethyl adjacent to an activating group) is 1. The van der Waals surface area contributed by atoms with Crippen LogP contribution in [-0.4, -0.2) is 43.4 Å². The largest absolute Gasteiger partial charge is 0.352 e. The fraction of sp³-hybridized carbons (Fsp3) is 0.250. The Balaban J connectivity index is 1.73. The molecule has 2 N–H and O–H groups in total. The SMILES string of the molecule is CN(C)C(CNC(=O)C(Cc1ccccc1)NC(=O)c1cccs1)c1ccccc1Cl. The van der Waals surface area contributed by atoms with Gasteiger partial charge in [-0.15, -0.1) is 11.3 Å². The van der Waals surface area contributed by atoms with Gasteiger partial charge in [0.25, 0.3) is 5.91 Å². The lowest BCUT2D eigenvalue weighted by Gasteiger charge is -2.27. The van der Waals surface area contributed by atoms with E-state index in [1.165, 1.54) is 11.3 Å². The molecule has 0 saturated carbocycles. The van der Waals surface area contributed by atoms with Crippen LogP contribution in [0.15, 0.2) is 72.1 Å². The van der Waals surface area contributed by atoms with Gasteiger partial charge in [0.05, 0.1) is 10.9 Å². The Hall–Kier alpha value is -2.67. The van der Waals surface area contributed by atoms with Crippen molar-refractivity contribution in [3.8, 4) is 0 Å². The topological polar surface area (TPSA) is 61.4 Å². The molecule has 7 heteroatoms. The molecule has 5 nitrogen and oxygen atoms in total. The molecular weight excluding hydrogens is 430 g/mol. The predicted octanol–water partition coefficient (Wildman–Crippen LogP) is 4.16. The van der Waals surface area contributed by atoms with Crippen LogP contribution in [0.5, 0.6) is 0 Å². The van der Waals surface area contributed by atoms with Gasteiger partial charge in [-0.05, 0) is 42.7 Å². The number of halogens is 1. The quantitative estimate of drug-likeness (QED) is 0.509. The maximum Gasteiger partial charge on any atom is 0.262 e. The van der Waals surface area contributed by atoms with Gasteiger partial charge in [-0.25, -0.2) is 0 Å². The number of nitrogens with one attached hydrogen (secondary N) is 2. The van der Waals surface area contributed by atoms with Crippen molar-refractivity contribution in [2.75, 3.05) is 20.6 Å². The average Bonchev–Trinajstić information content (AvgIpc) is 3.30. The van der Waals surface area contributed by atoms with E-state index in [1.54, 1.807) is 6.07 Å². The molecule has 0 bridgehead atoms. The number of nitrogens with zero attached hydrogens (tertiary/aromatic N) is 1. The average molecular weight is 456 g/mol. The first-order chi connectivity index (χ1) is 15.0. The van der Waals surface area contributed by atoms with E-state index < -0.39 is 6.04 Å². The van der Waals surface area contributed by atoms with Gasteiger partial charge in [0, 0.05) is 18.0 Å². The molecule has 2 atom stereocenters. The summed E-state index contributed by atoms with van der Waals surface area (Å²) in [4.78, 5) is 28.3. The summed E-state index contributed by atoms with van der Waals surface area (Å²) in [5, 5.41) is 8.40. The molecule has 0 aliphatic heterocycles. The van der Waals surface area contributed by atoms with Gasteiger partial charge in [0.15, 0.2) is 0 Å². The lowest BCUT2D eigenvalue weighted by molar-refractivity contribution is -0.123. The lowest BCUT2D eigenvalue weighted by Crippen LogP contribution is -2.49. The van der Waals surface area contributed by atoms with E-state index in [0.717, 1.165) is 11.1 Å². The van der Waals surface area contributed by atoms with Gasteiger partial charge >= 0.3 is 0 Å². The minimum absolute atomic E-state index is 0.0944. The summed E-state index contributed by atoms with van der Waals surface area (Å²) in [6.07, 6.45) is 0.405. The minimum atomic E-state index is -0.689. The maximum atomic E-state index is 13.1. The number of hydrogen-bond donors (Lipinski definition) is 2. The van der Waals surface area contributed by atoms with Crippen molar-refractivity contribution in [1.82, 2.24) is 15.5 Å². The molecule has 0 saturated heterocycles. The number of hydrogen-bond acceptors (Lipinski definition) is 4. The fourth-order valence-electron chi connectivity index (χ4n) is 3.33. The van der Waals surface area contributed by atoms with E-state index >= 15 is 0 Å². The molecule has 2 aromatic carbocycles. The molecule has 162 valence electrons. The van der Waals surface area contributed by atoms with Gasteiger partial charge in [0.1, 0.15) is 6.04 Å². The van der Waals surface area contributed by atoms with Gasteiger partial charge in [-0.1, -0.05) is 66.2 Å². The highest BCUT2D eigenvalue weighted by Crippen LogP contribution is 2.25. The van der Waals surface area contributed by atoms with Crippen LogP contribution in [-0.2, 0) is 11.2 Å². The van der Waals surface area contributed by atoms with Crippen LogP contribution in [0, 0.1) is 0 Å². The van der Waals surface area contributed by atoms with Crippen molar-refractivity contribution >= 4 is 34.8 Å². The molecule has 0 aliphatic carbocycles. The third kappa shape index (κ3) is 6.40. The zero-order valence-electron chi connectivity index (χ0n) is 17.5. The maximum absolute atomic E-state index is 13.1. The number of carbonyl (C=O) groups excluding carboxylic acids is 2. The van der Waals surface area contributed by atoms with E-state index in [0.29, 0.717) is 22.9 Å². The van der Waals surface area contributed by atoms with Crippen LogP contribution in [0.1, 0.15) is 26.8 Å². The van der Waals surface area contributed by atoms with Crippen molar-refractivity contribution in [2.24, 2.45) is 0 Å². The molecule has 0 radical (unpaired) electrons. The summed E-state index contributed by atoms with van der Waals surface area (Å²) >= 11 is 7.73. The monoisotopic (exact) mass is 455 g/mol. The Kier molecular flexibility index (Phi) is 8.23. The first kappa shape index (κ1) is 23.0. The molecule has 0 spiro atoms. The smallest absolute Gasteiger partial charge is 0.262 e. The van der Waals surface area contributed by atoms with Crippen LogP contribution in [0.3, 0.4) is 0 Å². The Morgan fingerprint density at radius 2 is 1.71 bits per heavy atom. The van der Waals surface area contributed by atoms with Crippen molar-refractivity contribution < 1.29 is 9.59 Å². The first-order valence-corrected chi connectivity index (χ1v) is 11.3. The summed E-state index contributed by atoms with van der Waals surface area (Å²) in [6.45, 7) is 0.371. The third-order valence-electron chi connectivity index (χ3n) is 5.01. The van der Waals surface area contributed by atoms with Crippen molar-refractivity contribution in [3.05, 3.63) is 93.1 Å². The van der Waals surface area contributed by atoms with Crippen LogP contribution < -0.4 is 10.6 Å². The van der Waals surface area contributed by atoms with Crippen molar-refractivity contribution in [2.45, 2.75) is 18.5 Å². The van der Waals surface area contributed by atoms with E-state index in [4.69, 9.17) is 11.6 Å². The molecule has 2 unspecified atom stereocenters. The van der Waals surface area contributed by atoms with Crippen LogP contribution in [0.2, 0.25) is 5.02 Å². The molecule has 0 fully saturated rings. The first-order valence-electron chi connectivity index (χ1n) is 10.0. The van der Waals surface area contributed by atoms with Gasteiger partial charge in [-0.3, -0.25) is 9.59 Å². The fourth-order valence-corrected chi connectivity index (χ4v) is 4.22. The van der Waals surface area contributed by atoms with E-state index in [9.17, 15) is 9.59 Å². The summed E-state index contributed by atoms with van der Waals surface area (Å²) in [5.41, 5.74) is 1.92. The standard InChI is InChI=1S/C24H26ClN3O2S/c1-28(2)21(18-11-6-7-12-19(18)25)16-26-23(29)20(15-17-9-4-3-5-10-17)27-24(30)22-13-8-14-31-22/h3-14,20-21H,15-16H2,1-2H3,(H,26,29)(H,27,30). The molecule has 3 rings (SSSR count). The zero-order chi connectivity index (χ0) is 22.2. The molecular formula is C24H26ClN3O2S. The summed E-state index contributed by atoms with van der Waals surface area (Å²) in [7, 11) is 3.89. The van der Waals surface area contributed by atoms with Gasteiger partial charge < -0.3 is 15.5 Å². The second-order valence-corrected chi connectivity index (χ2v) is 8.79. The molecule has 1 aromatic heterocycles. The summed E-state index contributed by atoms with van der Waals surface area (Å²) < 4.78 is 0. The molecule has 3 aromatic rings. The molecule has 31 heavy (non-hydrogen) atoms. The third-order valence-corrected chi connectivity index (χ3v) is 6.22. The molecule has 2 amide bonds. The lowest BCUT2D eigenvalue weighted by atomic mass is 10.0. The highest BCUT2D eigenvalue weighted by Gasteiger charge is 2.24. The van der Waals surface area contributed by atoms with Gasteiger partial charge in [-0.2, -0.15) is 0 Å².